The molecule has 1 aromatic rings. The molecule has 1 aromatic heterocycles. The van der Waals surface area contributed by atoms with E-state index in [1.807, 2.05) is 6.92 Å². The van der Waals surface area contributed by atoms with E-state index in [9.17, 15) is 8.42 Å². The van der Waals surface area contributed by atoms with Crippen LogP contribution in [0, 0.1) is 5.92 Å². The van der Waals surface area contributed by atoms with Gasteiger partial charge in [0, 0.05) is 6.04 Å². The number of H-pyrrole nitrogens is 1. The van der Waals surface area contributed by atoms with Crippen LogP contribution >= 0.6 is 0 Å². The summed E-state index contributed by atoms with van der Waals surface area (Å²) in [6, 6.07) is -0.0537. The fourth-order valence-electron chi connectivity index (χ4n) is 1.61. The summed E-state index contributed by atoms with van der Waals surface area (Å²) in [5.41, 5.74) is 0. The molecular formula is C11H21N3O2S. The highest BCUT2D eigenvalue weighted by atomic mass is 32.2. The lowest BCUT2D eigenvalue weighted by atomic mass is 10.0. The lowest BCUT2D eigenvalue weighted by Gasteiger charge is -2.13. The lowest BCUT2D eigenvalue weighted by Crippen LogP contribution is -2.32. The zero-order valence-corrected chi connectivity index (χ0v) is 11.4. The number of nitrogens with zero attached hydrogens (tertiary/aromatic N) is 1. The minimum absolute atomic E-state index is 0.0537. The van der Waals surface area contributed by atoms with Gasteiger partial charge >= 0.3 is 0 Å². The fraction of sp³-hybridized carbons (Fsp3) is 0.727. The van der Waals surface area contributed by atoms with Gasteiger partial charge in [-0.05, 0) is 19.3 Å². The average molecular weight is 259 g/mol. The first-order chi connectivity index (χ1) is 7.92. The largest absolute Gasteiger partial charge is 0.335 e. The Balaban J connectivity index is 2.43. The SMILES string of the molecule is CC(C)CCCC(C)NS(=O)(=O)c1cnc[nH]1. The van der Waals surface area contributed by atoms with E-state index < -0.39 is 10.0 Å². The number of hydrogen-bond donors (Lipinski definition) is 2. The monoisotopic (exact) mass is 259 g/mol. The first-order valence-electron chi connectivity index (χ1n) is 5.92. The van der Waals surface area contributed by atoms with E-state index in [-0.39, 0.29) is 11.1 Å². The van der Waals surface area contributed by atoms with Crippen LogP contribution in [0.1, 0.15) is 40.0 Å². The van der Waals surface area contributed by atoms with Gasteiger partial charge in [-0.2, -0.15) is 0 Å². The summed E-state index contributed by atoms with van der Waals surface area (Å²) in [6.45, 7) is 6.22. The summed E-state index contributed by atoms with van der Waals surface area (Å²) >= 11 is 0. The van der Waals surface area contributed by atoms with Crippen molar-refractivity contribution in [1.82, 2.24) is 14.7 Å². The van der Waals surface area contributed by atoms with Crippen molar-refractivity contribution in [3.05, 3.63) is 12.5 Å². The summed E-state index contributed by atoms with van der Waals surface area (Å²) in [5, 5.41) is 0.119. The highest BCUT2D eigenvalue weighted by molar-refractivity contribution is 7.89. The van der Waals surface area contributed by atoms with E-state index in [0.29, 0.717) is 5.92 Å². The van der Waals surface area contributed by atoms with E-state index in [0.717, 1.165) is 19.3 Å². The molecule has 2 N–H and O–H groups in total. The van der Waals surface area contributed by atoms with Gasteiger partial charge in [0.2, 0.25) is 0 Å². The maximum atomic E-state index is 11.8. The molecule has 0 aliphatic rings. The summed E-state index contributed by atoms with van der Waals surface area (Å²) in [4.78, 5) is 6.30. The number of imidazole rings is 1. The third-order valence-corrected chi connectivity index (χ3v) is 4.05. The molecule has 0 aliphatic heterocycles. The van der Waals surface area contributed by atoms with Gasteiger partial charge in [-0.15, -0.1) is 0 Å². The molecule has 17 heavy (non-hydrogen) atoms. The second kappa shape index (κ2) is 6.16. The molecule has 6 heteroatoms. The zero-order chi connectivity index (χ0) is 12.9. The first-order valence-corrected chi connectivity index (χ1v) is 7.41. The molecule has 1 atom stereocenters. The van der Waals surface area contributed by atoms with Crippen molar-refractivity contribution in [2.24, 2.45) is 5.92 Å². The van der Waals surface area contributed by atoms with Crippen molar-refractivity contribution in [2.75, 3.05) is 0 Å². The van der Waals surface area contributed by atoms with Crippen LogP contribution in [-0.2, 0) is 10.0 Å². The molecular weight excluding hydrogens is 238 g/mol. The third kappa shape index (κ3) is 4.87. The predicted octanol–water partition coefficient (Wildman–Crippen LogP) is 1.90. The number of aromatic amines is 1. The molecule has 0 amide bonds. The number of rotatable bonds is 7. The van der Waals surface area contributed by atoms with Gasteiger partial charge in [-0.3, -0.25) is 0 Å². The van der Waals surface area contributed by atoms with Crippen molar-refractivity contribution >= 4 is 10.0 Å². The second-order valence-corrected chi connectivity index (χ2v) is 6.45. The Hall–Kier alpha value is -0.880. The normalized spacial score (nSPS) is 14.1. The van der Waals surface area contributed by atoms with Crippen LogP contribution in [0.3, 0.4) is 0 Å². The van der Waals surface area contributed by atoms with Crippen molar-refractivity contribution in [3.8, 4) is 0 Å². The Bertz CT molecular complexity index is 412. The summed E-state index contributed by atoms with van der Waals surface area (Å²) < 4.78 is 26.3. The number of hydrogen-bond acceptors (Lipinski definition) is 3. The zero-order valence-electron chi connectivity index (χ0n) is 10.6. The molecule has 0 spiro atoms. The smallest absolute Gasteiger partial charge is 0.257 e. The van der Waals surface area contributed by atoms with Gasteiger partial charge in [-0.1, -0.05) is 26.7 Å². The summed E-state index contributed by atoms with van der Waals surface area (Å²) in [6.07, 6.45) is 5.67. The van der Waals surface area contributed by atoms with Gasteiger partial charge in [0.25, 0.3) is 10.0 Å². The number of aromatic nitrogens is 2. The first kappa shape index (κ1) is 14.2. The standard InChI is InChI=1S/C11H21N3O2S/c1-9(2)5-4-6-10(3)14-17(15,16)11-7-12-8-13-11/h7-10,14H,4-6H2,1-3H3,(H,12,13). The van der Waals surface area contributed by atoms with Crippen LogP contribution in [-0.4, -0.2) is 24.4 Å². The maximum Gasteiger partial charge on any atom is 0.257 e. The Morgan fingerprint density at radius 1 is 1.35 bits per heavy atom. The molecule has 0 radical (unpaired) electrons. The highest BCUT2D eigenvalue weighted by Gasteiger charge is 2.18. The van der Waals surface area contributed by atoms with Crippen LogP contribution in [0.15, 0.2) is 17.6 Å². The van der Waals surface area contributed by atoms with E-state index >= 15 is 0 Å². The van der Waals surface area contributed by atoms with E-state index in [4.69, 9.17) is 0 Å². The topological polar surface area (TPSA) is 74.8 Å². The summed E-state index contributed by atoms with van der Waals surface area (Å²) in [7, 11) is -3.43. The van der Waals surface area contributed by atoms with Gasteiger partial charge in [0.1, 0.15) is 0 Å². The van der Waals surface area contributed by atoms with Gasteiger partial charge < -0.3 is 4.98 Å². The van der Waals surface area contributed by atoms with Crippen LogP contribution in [0.5, 0.6) is 0 Å². The summed E-state index contributed by atoms with van der Waals surface area (Å²) in [5.74, 6) is 0.659. The maximum absolute atomic E-state index is 11.8. The average Bonchev–Trinajstić information content (AvgIpc) is 2.68. The molecule has 0 fully saturated rings. The Labute approximate surface area is 103 Å². The van der Waals surface area contributed by atoms with Crippen molar-refractivity contribution < 1.29 is 8.42 Å². The van der Waals surface area contributed by atoms with Crippen molar-refractivity contribution in [1.29, 1.82) is 0 Å². The van der Waals surface area contributed by atoms with Crippen molar-refractivity contribution in [2.45, 2.75) is 51.1 Å². The molecule has 1 rings (SSSR count). The molecule has 0 saturated carbocycles. The fourth-order valence-corrected chi connectivity index (χ4v) is 2.79. The van der Waals surface area contributed by atoms with Gasteiger partial charge in [0.15, 0.2) is 5.03 Å². The Morgan fingerprint density at radius 2 is 2.06 bits per heavy atom. The molecule has 0 saturated heterocycles. The quantitative estimate of drug-likeness (QED) is 0.785. The minimum atomic E-state index is -3.43. The van der Waals surface area contributed by atoms with Gasteiger partial charge in [-0.25, -0.2) is 18.1 Å². The molecule has 1 heterocycles. The Kier molecular flexibility index (Phi) is 5.14. The molecule has 98 valence electrons. The van der Waals surface area contributed by atoms with E-state index in [1.165, 1.54) is 12.5 Å². The predicted molar refractivity (Wildman–Crippen MR) is 67.1 cm³/mol. The second-order valence-electron chi connectivity index (χ2n) is 4.76. The van der Waals surface area contributed by atoms with Crippen LogP contribution in [0.4, 0.5) is 0 Å². The molecule has 5 nitrogen and oxygen atoms in total. The highest BCUT2D eigenvalue weighted by Crippen LogP contribution is 2.10. The van der Waals surface area contributed by atoms with Crippen LogP contribution in [0.2, 0.25) is 0 Å². The number of nitrogens with one attached hydrogen (secondary N) is 2. The van der Waals surface area contributed by atoms with Crippen LogP contribution < -0.4 is 4.72 Å². The molecule has 0 aromatic carbocycles. The van der Waals surface area contributed by atoms with Crippen LogP contribution in [0.25, 0.3) is 0 Å². The molecule has 0 bridgehead atoms. The minimum Gasteiger partial charge on any atom is -0.335 e. The van der Waals surface area contributed by atoms with Crippen molar-refractivity contribution in [3.63, 3.8) is 0 Å². The molecule has 1 unspecified atom stereocenters. The van der Waals surface area contributed by atoms with E-state index in [1.54, 1.807) is 0 Å². The molecule has 0 aliphatic carbocycles. The van der Waals surface area contributed by atoms with E-state index in [2.05, 4.69) is 28.5 Å². The van der Waals surface area contributed by atoms with Gasteiger partial charge in [0.05, 0.1) is 12.5 Å². The number of sulfonamides is 1. The lowest BCUT2D eigenvalue weighted by molar-refractivity contribution is 0.487. The third-order valence-electron chi connectivity index (χ3n) is 2.54. The Morgan fingerprint density at radius 3 is 2.59 bits per heavy atom.